The molecule has 1 N–H and O–H groups in total. The Morgan fingerprint density at radius 1 is 1.14 bits per heavy atom. The Labute approximate surface area is 170 Å². The topological polar surface area (TPSA) is 71.3 Å². The Bertz CT molecular complexity index is 946. The van der Waals surface area contributed by atoms with Gasteiger partial charge in [0.25, 0.3) is 0 Å². The second-order valence-electron chi connectivity index (χ2n) is 7.47. The van der Waals surface area contributed by atoms with Crippen LogP contribution in [0.5, 0.6) is 0 Å². The molecule has 1 saturated heterocycles. The molecule has 0 bridgehead atoms. The zero-order valence-corrected chi connectivity index (χ0v) is 16.7. The quantitative estimate of drug-likeness (QED) is 0.685. The van der Waals surface area contributed by atoms with Crippen molar-refractivity contribution in [1.82, 2.24) is 15.0 Å². The van der Waals surface area contributed by atoms with Crippen LogP contribution in [0.3, 0.4) is 0 Å². The van der Waals surface area contributed by atoms with Gasteiger partial charge in [-0.3, -0.25) is 9.69 Å². The lowest BCUT2D eigenvalue weighted by Gasteiger charge is -2.30. The van der Waals surface area contributed by atoms with Crippen LogP contribution in [0.4, 0.5) is 5.69 Å². The molecule has 1 aromatic heterocycles. The van der Waals surface area contributed by atoms with Crippen molar-refractivity contribution in [2.75, 3.05) is 18.4 Å². The summed E-state index contributed by atoms with van der Waals surface area (Å²) in [5.41, 5.74) is 3.06. The normalized spacial score (nSPS) is 15.3. The summed E-state index contributed by atoms with van der Waals surface area (Å²) < 4.78 is 5.41. The Morgan fingerprint density at radius 3 is 2.69 bits per heavy atom. The van der Waals surface area contributed by atoms with Crippen molar-refractivity contribution in [1.29, 1.82) is 0 Å². The molecule has 2 heterocycles. The number of nitrogens with one attached hydrogen (secondary N) is 1. The van der Waals surface area contributed by atoms with Gasteiger partial charge >= 0.3 is 0 Å². The first-order valence-corrected chi connectivity index (χ1v) is 10.2. The van der Waals surface area contributed by atoms with Gasteiger partial charge in [0.1, 0.15) is 0 Å². The number of carbonyl (C=O) groups excluding carboxylic acids is 1. The number of piperidine rings is 1. The van der Waals surface area contributed by atoms with Crippen LogP contribution in [0, 0.1) is 5.92 Å². The van der Waals surface area contributed by atoms with Crippen molar-refractivity contribution in [3.05, 3.63) is 66.1 Å². The SMILES string of the molecule is CCc1cccc(NC(=O)C2CCN(Cc3nc(-c4ccccc4)no3)CC2)c1. The number of hydrogen-bond acceptors (Lipinski definition) is 5. The number of aromatic nitrogens is 2. The summed E-state index contributed by atoms with van der Waals surface area (Å²) in [5.74, 6) is 1.38. The molecule has 1 aliphatic rings. The van der Waals surface area contributed by atoms with Crippen LogP contribution in [0.25, 0.3) is 11.4 Å². The molecule has 0 saturated carbocycles. The van der Waals surface area contributed by atoms with Crippen LogP contribution in [-0.4, -0.2) is 34.0 Å². The van der Waals surface area contributed by atoms with Gasteiger partial charge in [-0.15, -0.1) is 0 Å². The summed E-state index contributed by atoms with van der Waals surface area (Å²) in [6, 6.07) is 17.9. The first kappa shape index (κ1) is 19.3. The van der Waals surface area contributed by atoms with E-state index < -0.39 is 0 Å². The van der Waals surface area contributed by atoms with Gasteiger partial charge in [0.15, 0.2) is 0 Å². The van der Waals surface area contributed by atoms with Crippen LogP contribution in [0.1, 0.15) is 31.2 Å². The average molecular weight is 390 g/mol. The van der Waals surface area contributed by atoms with Crippen molar-refractivity contribution in [3.8, 4) is 11.4 Å². The second-order valence-corrected chi connectivity index (χ2v) is 7.47. The highest BCUT2D eigenvalue weighted by molar-refractivity contribution is 5.92. The van der Waals surface area contributed by atoms with Gasteiger partial charge in [-0.2, -0.15) is 4.98 Å². The van der Waals surface area contributed by atoms with E-state index in [1.807, 2.05) is 48.5 Å². The molecule has 2 aromatic carbocycles. The number of likely N-dealkylation sites (tertiary alicyclic amines) is 1. The van der Waals surface area contributed by atoms with E-state index >= 15 is 0 Å². The van der Waals surface area contributed by atoms with Crippen LogP contribution >= 0.6 is 0 Å². The largest absolute Gasteiger partial charge is 0.338 e. The van der Waals surface area contributed by atoms with Gasteiger partial charge in [-0.25, -0.2) is 0 Å². The highest BCUT2D eigenvalue weighted by Crippen LogP contribution is 2.22. The molecule has 0 atom stereocenters. The number of aryl methyl sites for hydroxylation is 1. The van der Waals surface area contributed by atoms with Crippen LogP contribution in [0.15, 0.2) is 59.1 Å². The summed E-state index contributed by atoms with van der Waals surface area (Å²) in [5, 5.41) is 7.15. The standard InChI is InChI=1S/C23H26N4O2/c1-2-17-7-6-10-20(15-17)24-23(28)19-11-13-27(14-12-19)16-21-25-22(26-29-21)18-8-4-3-5-9-18/h3-10,15,19H,2,11-14,16H2,1H3,(H,24,28). The maximum Gasteiger partial charge on any atom is 0.241 e. The number of anilines is 1. The molecule has 6 heteroatoms. The lowest BCUT2D eigenvalue weighted by Crippen LogP contribution is -2.37. The van der Waals surface area contributed by atoms with Crippen molar-refractivity contribution in [2.24, 2.45) is 5.92 Å². The van der Waals surface area contributed by atoms with E-state index in [1.165, 1.54) is 5.56 Å². The number of carbonyl (C=O) groups is 1. The molecule has 1 fully saturated rings. The van der Waals surface area contributed by atoms with Crippen molar-refractivity contribution >= 4 is 11.6 Å². The lowest BCUT2D eigenvalue weighted by atomic mass is 9.95. The van der Waals surface area contributed by atoms with Crippen LogP contribution in [-0.2, 0) is 17.8 Å². The first-order chi connectivity index (χ1) is 14.2. The molecule has 29 heavy (non-hydrogen) atoms. The summed E-state index contributed by atoms with van der Waals surface area (Å²) in [6.45, 7) is 4.42. The summed E-state index contributed by atoms with van der Waals surface area (Å²) >= 11 is 0. The molecule has 0 unspecified atom stereocenters. The highest BCUT2D eigenvalue weighted by atomic mass is 16.5. The first-order valence-electron chi connectivity index (χ1n) is 10.2. The number of rotatable bonds is 6. The van der Waals surface area contributed by atoms with Crippen molar-refractivity contribution in [3.63, 3.8) is 0 Å². The molecule has 1 amide bonds. The van der Waals surface area contributed by atoms with E-state index in [2.05, 4.69) is 33.3 Å². The zero-order chi connectivity index (χ0) is 20.1. The van der Waals surface area contributed by atoms with Gasteiger partial charge in [0, 0.05) is 17.2 Å². The van der Waals surface area contributed by atoms with E-state index in [0.717, 1.165) is 43.6 Å². The van der Waals surface area contributed by atoms with Crippen LogP contribution in [0.2, 0.25) is 0 Å². The fraction of sp³-hybridized carbons (Fsp3) is 0.348. The number of nitrogens with zero attached hydrogens (tertiary/aromatic N) is 3. The lowest BCUT2D eigenvalue weighted by molar-refractivity contribution is -0.121. The van der Waals surface area contributed by atoms with Crippen molar-refractivity contribution < 1.29 is 9.32 Å². The number of benzene rings is 2. The second kappa shape index (κ2) is 9.01. The molecule has 1 aliphatic heterocycles. The molecular weight excluding hydrogens is 364 g/mol. The molecule has 0 aliphatic carbocycles. The predicted molar refractivity (Wildman–Crippen MR) is 112 cm³/mol. The Balaban J connectivity index is 1.28. The van der Waals surface area contributed by atoms with Gasteiger partial charge in [0.05, 0.1) is 6.54 Å². The van der Waals surface area contributed by atoms with E-state index in [-0.39, 0.29) is 11.8 Å². The maximum absolute atomic E-state index is 12.6. The Morgan fingerprint density at radius 2 is 1.93 bits per heavy atom. The number of hydrogen-bond donors (Lipinski definition) is 1. The van der Waals surface area contributed by atoms with Gasteiger partial charge in [0.2, 0.25) is 17.6 Å². The predicted octanol–water partition coefficient (Wildman–Crippen LogP) is 4.15. The van der Waals surface area contributed by atoms with E-state index in [1.54, 1.807) is 0 Å². The van der Waals surface area contributed by atoms with Crippen molar-refractivity contribution in [2.45, 2.75) is 32.7 Å². The van der Waals surface area contributed by atoms with Gasteiger partial charge in [-0.1, -0.05) is 54.5 Å². The summed E-state index contributed by atoms with van der Waals surface area (Å²) in [7, 11) is 0. The highest BCUT2D eigenvalue weighted by Gasteiger charge is 2.26. The smallest absolute Gasteiger partial charge is 0.241 e. The van der Waals surface area contributed by atoms with E-state index in [0.29, 0.717) is 18.3 Å². The minimum absolute atomic E-state index is 0.0408. The van der Waals surface area contributed by atoms with E-state index in [9.17, 15) is 4.79 Å². The third-order valence-corrected chi connectivity index (χ3v) is 5.42. The molecule has 0 radical (unpaired) electrons. The van der Waals surface area contributed by atoms with E-state index in [4.69, 9.17) is 4.52 Å². The fourth-order valence-electron chi connectivity index (χ4n) is 3.68. The minimum Gasteiger partial charge on any atom is -0.338 e. The fourth-order valence-corrected chi connectivity index (χ4v) is 3.68. The minimum atomic E-state index is 0.0408. The molecule has 150 valence electrons. The third-order valence-electron chi connectivity index (χ3n) is 5.42. The Kier molecular flexibility index (Phi) is 6.00. The molecule has 6 nitrogen and oxygen atoms in total. The number of amides is 1. The summed E-state index contributed by atoms with van der Waals surface area (Å²) in [4.78, 5) is 19.4. The molecule has 3 aromatic rings. The molecular formula is C23H26N4O2. The average Bonchev–Trinajstić information content (AvgIpc) is 3.23. The molecule has 0 spiro atoms. The molecule has 4 rings (SSSR count). The third kappa shape index (κ3) is 4.90. The monoisotopic (exact) mass is 390 g/mol. The van der Waals surface area contributed by atoms with Gasteiger partial charge in [-0.05, 0) is 50.0 Å². The maximum atomic E-state index is 12.6. The zero-order valence-electron chi connectivity index (χ0n) is 16.7. The van der Waals surface area contributed by atoms with Crippen LogP contribution < -0.4 is 5.32 Å². The summed E-state index contributed by atoms with van der Waals surface area (Å²) in [6.07, 6.45) is 2.63. The Hall–Kier alpha value is -2.99. The van der Waals surface area contributed by atoms with Gasteiger partial charge < -0.3 is 9.84 Å².